The van der Waals surface area contributed by atoms with Gasteiger partial charge in [0.15, 0.2) is 5.82 Å². The van der Waals surface area contributed by atoms with Crippen molar-refractivity contribution in [1.29, 1.82) is 0 Å². The number of rotatable bonds is 3. The van der Waals surface area contributed by atoms with Gasteiger partial charge in [0.25, 0.3) is 5.88 Å². The minimum atomic E-state index is 0.243. The summed E-state index contributed by atoms with van der Waals surface area (Å²) < 4.78 is 5.63. The minimum absolute atomic E-state index is 0.243. The first-order valence-corrected chi connectivity index (χ1v) is 6.98. The smallest absolute Gasteiger partial charge is 0.258 e. The molecular formula is C15H11Cl2N3O. The van der Waals surface area contributed by atoms with Crippen molar-refractivity contribution in [3.63, 3.8) is 0 Å². The fourth-order valence-corrected chi connectivity index (χ4v) is 2.35. The monoisotopic (exact) mass is 319 g/mol. The molecule has 0 unspecified atom stereocenters. The summed E-state index contributed by atoms with van der Waals surface area (Å²) in [5, 5.41) is 1.11. The average molecular weight is 320 g/mol. The number of halogens is 2. The van der Waals surface area contributed by atoms with Crippen molar-refractivity contribution in [2.45, 2.75) is 6.61 Å². The first-order valence-electron chi connectivity index (χ1n) is 6.22. The van der Waals surface area contributed by atoms with E-state index >= 15 is 0 Å². The molecule has 0 aliphatic heterocycles. The number of nitrogens with two attached hydrogens (primary N) is 1. The second kappa shape index (κ2) is 5.76. The lowest BCUT2D eigenvalue weighted by molar-refractivity contribution is 0.296. The van der Waals surface area contributed by atoms with Gasteiger partial charge >= 0.3 is 0 Å². The zero-order valence-corrected chi connectivity index (χ0v) is 12.4. The van der Waals surface area contributed by atoms with E-state index in [0.717, 1.165) is 16.6 Å². The zero-order valence-electron chi connectivity index (χ0n) is 10.9. The van der Waals surface area contributed by atoms with Crippen molar-refractivity contribution in [2.24, 2.45) is 0 Å². The summed E-state index contributed by atoms with van der Waals surface area (Å²) in [7, 11) is 0. The van der Waals surface area contributed by atoms with E-state index in [0.29, 0.717) is 15.9 Å². The SMILES string of the molecule is Nc1nc2ccccc2nc1OCc1ccc(Cl)cc1Cl. The van der Waals surface area contributed by atoms with E-state index in [1.165, 1.54) is 0 Å². The van der Waals surface area contributed by atoms with Gasteiger partial charge in [0.1, 0.15) is 6.61 Å². The summed E-state index contributed by atoms with van der Waals surface area (Å²) in [5.41, 5.74) is 8.12. The van der Waals surface area contributed by atoms with E-state index in [1.807, 2.05) is 24.3 Å². The largest absolute Gasteiger partial charge is 0.470 e. The summed E-state index contributed by atoms with van der Waals surface area (Å²) in [4.78, 5) is 8.62. The third-order valence-corrected chi connectivity index (χ3v) is 3.53. The van der Waals surface area contributed by atoms with E-state index in [4.69, 9.17) is 33.7 Å². The minimum Gasteiger partial charge on any atom is -0.470 e. The molecule has 0 aliphatic carbocycles. The summed E-state index contributed by atoms with van der Waals surface area (Å²) in [5.74, 6) is 0.540. The molecule has 0 amide bonds. The van der Waals surface area contributed by atoms with Crippen LogP contribution in [0, 0.1) is 0 Å². The number of fused-ring (bicyclic) bond motifs is 1. The fraction of sp³-hybridized carbons (Fsp3) is 0.0667. The Hall–Kier alpha value is -2.04. The number of nitrogen functional groups attached to an aromatic ring is 1. The van der Waals surface area contributed by atoms with Crippen molar-refractivity contribution in [2.75, 3.05) is 5.73 Å². The Bertz CT molecular complexity index is 808. The molecule has 1 aromatic heterocycles. The zero-order chi connectivity index (χ0) is 14.8. The number of hydrogen-bond donors (Lipinski definition) is 1. The van der Waals surface area contributed by atoms with E-state index in [9.17, 15) is 0 Å². The molecule has 4 nitrogen and oxygen atoms in total. The van der Waals surface area contributed by atoms with Gasteiger partial charge in [-0.2, -0.15) is 0 Å². The number of ether oxygens (including phenoxy) is 1. The molecule has 0 saturated heterocycles. The third kappa shape index (κ3) is 3.01. The highest BCUT2D eigenvalue weighted by atomic mass is 35.5. The normalized spacial score (nSPS) is 10.8. The molecule has 6 heteroatoms. The number of para-hydroxylation sites is 2. The summed E-state index contributed by atoms with van der Waals surface area (Å²) in [6.07, 6.45) is 0. The lowest BCUT2D eigenvalue weighted by Gasteiger charge is -2.09. The van der Waals surface area contributed by atoms with Crippen LogP contribution < -0.4 is 10.5 Å². The summed E-state index contributed by atoms with van der Waals surface area (Å²) in [6, 6.07) is 12.7. The van der Waals surface area contributed by atoms with Crippen molar-refractivity contribution >= 4 is 40.1 Å². The first-order chi connectivity index (χ1) is 10.1. The van der Waals surface area contributed by atoms with Crippen molar-refractivity contribution < 1.29 is 4.74 Å². The second-order valence-corrected chi connectivity index (χ2v) is 5.27. The van der Waals surface area contributed by atoms with Crippen LogP contribution in [0.5, 0.6) is 5.88 Å². The Morgan fingerprint density at radius 1 is 1.00 bits per heavy atom. The highest BCUT2D eigenvalue weighted by molar-refractivity contribution is 6.35. The quantitative estimate of drug-likeness (QED) is 0.789. The molecule has 2 N–H and O–H groups in total. The molecule has 0 fully saturated rings. The standard InChI is InChI=1S/C15H11Cl2N3O/c16-10-6-5-9(11(17)7-10)8-21-15-14(18)19-12-3-1-2-4-13(12)20-15/h1-7H,8H2,(H2,18,19). The molecule has 21 heavy (non-hydrogen) atoms. The predicted octanol–water partition coefficient (Wildman–Crippen LogP) is 4.10. The van der Waals surface area contributed by atoms with Crippen LogP contribution in [0.25, 0.3) is 11.0 Å². The van der Waals surface area contributed by atoms with Gasteiger partial charge in [-0.1, -0.05) is 41.4 Å². The van der Waals surface area contributed by atoms with Gasteiger partial charge in [0, 0.05) is 15.6 Å². The maximum Gasteiger partial charge on any atom is 0.258 e. The van der Waals surface area contributed by atoms with Crippen LogP contribution >= 0.6 is 23.2 Å². The molecule has 0 saturated carbocycles. The van der Waals surface area contributed by atoms with Gasteiger partial charge in [-0.25, -0.2) is 9.97 Å². The predicted molar refractivity (Wildman–Crippen MR) is 84.7 cm³/mol. The molecule has 3 rings (SSSR count). The summed E-state index contributed by atoms with van der Waals surface area (Å²) >= 11 is 12.0. The van der Waals surface area contributed by atoms with Gasteiger partial charge < -0.3 is 10.5 Å². The van der Waals surface area contributed by atoms with Crippen LogP contribution in [-0.4, -0.2) is 9.97 Å². The molecule has 2 aromatic carbocycles. The fourth-order valence-electron chi connectivity index (χ4n) is 1.89. The van der Waals surface area contributed by atoms with Crippen LogP contribution in [0.3, 0.4) is 0 Å². The Kier molecular flexibility index (Phi) is 3.82. The topological polar surface area (TPSA) is 61.0 Å². The molecule has 1 heterocycles. The molecule has 0 aliphatic rings. The summed E-state index contributed by atoms with van der Waals surface area (Å²) in [6.45, 7) is 0.243. The van der Waals surface area contributed by atoms with Crippen LogP contribution in [-0.2, 0) is 6.61 Å². The molecule has 0 radical (unpaired) electrons. The maximum atomic E-state index is 6.10. The molecule has 0 bridgehead atoms. The number of aromatic nitrogens is 2. The maximum absolute atomic E-state index is 6.10. The van der Waals surface area contributed by atoms with Crippen molar-refractivity contribution in [3.8, 4) is 5.88 Å². The number of nitrogens with zero attached hydrogens (tertiary/aromatic N) is 2. The third-order valence-electron chi connectivity index (χ3n) is 2.94. The van der Waals surface area contributed by atoms with Crippen LogP contribution in [0.4, 0.5) is 5.82 Å². The molecular weight excluding hydrogens is 309 g/mol. The Morgan fingerprint density at radius 2 is 1.71 bits per heavy atom. The van der Waals surface area contributed by atoms with Gasteiger partial charge in [-0.15, -0.1) is 0 Å². The molecule has 0 atom stereocenters. The van der Waals surface area contributed by atoms with E-state index < -0.39 is 0 Å². The molecule has 106 valence electrons. The van der Waals surface area contributed by atoms with Crippen LogP contribution in [0.15, 0.2) is 42.5 Å². The second-order valence-electron chi connectivity index (χ2n) is 4.43. The highest BCUT2D eigenvalue weighted by Gasteiger charge is 2.08. The van der Waals surface area contributed by atoms with E-state index in [1.54, 1.807) is 18.2 Å². The highest BCUT2D eigenvalue weighted by Crippen LogP contribution is 2.25. The number of benzene rings is 2. The Balaban J connectivity index is 1.86. The first kappa shape index (κ1) is 13.9. The molecule has 0 spiro atoms. The molecule has 3 aromatic rings. The lowest BCUT2D eigenvalue weighted by Crippen LogP contribution is -2.03. The van der Waals surface area contributed by atoms with Gasteiger partial charge in [-0.3, -0.25) is 0 Å². The Morgan fingerprint density at radius 3 is 2.43 bits per heavy atom. The van der Waals surface area contributed by atoms with Crippen molar-refractivity contribution in [3.05, 3.63) is 58.1 Å². The van der Waals surface area contributed by atoms with Gasteiger partial charge in [0.05, 0.1) is 11.0 Å². The van der Waals surface area contributed by atoms with Crippen molar-refractivity contribution in [1.82, 2.24) is 9.97 Å². The van der Waals surface area contributed by atoms with Gasteiger partial charge in [-0.05, 0) is 24.3 Å². The number of anilines is 1. The lowest BCUT2D eigenvalue weighted by atomic mass is 10.2. The van der Waals surface area contributed by atoms with E-state index in [2.05, 4.69) is 9.97 Å². The number of hydrogen-bond acceptors (Lipinski definition) is 4. The average Bonchev–Trinajstić information content (AvgIpc) is 2.46. The Labute approximate surface area is 131 Å². The van der Waals surface area contributed by atoms with E-state index in [-0.39, 0.29) is 12.4 Å². The van der Waals surface area contributed by atoms with Gasteiger partial charge in [0.2, 0.25) is 0 Å². The van der Waals surface area contributed by atoms with Crippen LogP contribution in [0.2, 0.25) is 10.0 Å². The van der Waals surface area contributed by atoms with Crippen LogP contribution in [0.1, 0.15) is 5.56 Å².